The number of carbonyl (C=O) groups excluding carboxylic acids is 1. The van der Waals surface area contributed by atoms with Gasteiger partial charge in [0.15, 0.2) is 0 Å². The minimum absolute atomic E-state index is 0.0190. The number of hydrogen-bond acceptors (Lipinski definition) is 2. The molecule has 0 saturated heterocycles. The topological polar surface area (TPSA) is 66.4 Å². The fourth-order valence-corrected chi connectivity index (χ4v) is 3.18. The van der Waals surface area contributed by atoms with E-state index >= 15 is 0 Å². The minimum Gasteiger partial charge on any atom is -0.481 e. The number of hydrogen-bond donors (Lipinski definition) is 2. The summed E-state index contributed by atoms with van der Waals surface area (Å²) >= 11 is 0. The molecule has 1 aromatic carbocycles. The molecule has 1 amide bonds. The molecule has 0 bridgehead atoms. The molecule has 21 heavy (non-hydrogen) atoms. The van der Waals surface area contributed by atoms with Crippen molar-refractivity contribution in [1.82, 2.24) is 5.32 Å². The van der Waals surface area contributed by atoms with E-state index in [0.717, 1.165) is 19.3 Å². The van der Waals surface area contributed by atoms with Gasteiger partial charge in [-0.05, 0) is 55.4 Å². The van der Waals surface area contributed by atoms with Gasteiger partial charge in [0.1, 0.15) is 0 Å². The summed E-state index contributed by atoms with van der Waals surface area (Å²) in [6.07, 6.45) is 8.15. The zero-order chi connectivity index (χ0) is 14.8. The van der Waals surface area contributed by atoms with Crippen LogP contribution < -0.4 is 5.32 Å². The first-order chi connectivity index (χ1) is 10.1. The molecule has 0 aromatic heterocycles. The normalized spacial score (nSPS) is 23.6. The van der Waals surface area contributed by atoms with Crippen molar-refractivity contribution >= 4 is 18.0 Å². The van der Waals surface area contributed by atoms with E-state index in [-0.39, 0.29) is 17.9 Å². The Balaban J connectivity index is 1.66. The van der Waals surface area contributed by atoms with E-state index in [2.05, 4.69) is 17.5 Å². The Morgan fingerprint density at radius 3 is 2.86 bits per heavy atom. The molecule has 1 saturated carbocycles. The average molecular weight is 285 g/mol. The van der Waals surface area contributed by atoms with Crippen molar-refractivity contribution in [3.05, 3.63) is 41.0 Å². The molecule has 2 aliphatic carbocycles. The Morgan fingerprint density at radius 2 is 2.10 bits per heavy atom. The van der Waals surface area contributed by atoms with Crippen molar-refractivity contribution in [1.29, 1.82) is 0 Å². The van der Waals surface area contributed by atoms with Gasteiger partial charge in [-0.1, -0.05) is 18.2 Å². The lowest BCUT2D eigenvalue weighted by Crippen LogP contribution is -2.33. The predicted octanol–water partition coefficient (Wildman–Crippen LogP) is 2.63. The summed E-state index contributed by atoms with van der Waals surface area (Å²) in [5.41, 5.74) is 3.06. The van der Waals surface area contributed by atoms with E-state index in [0.29, 0.717) is 18.4 Å². The van der Waals surface area contributed by atoms with Crippen LogP contribution in [0.2, 0.25) is 0 Å². The Hall–Kier alpha value is -2.10. The third-order valence-corrected chi connectivity index (χ3v) is 4.40. The van der Waals surface area contributed by atoms with Gasteiger partial charge in [0.2, 0.25) is 0 Å². The third kappa shape index (κ3) is 2.99. The van der Waals surface area contributed by atoms with Gasteiger partial charge in [0.05, 0.1) is 5.92 Å². The summed E-state index contributed by atoms with van der Waals surface area (Å²) in [6, 6.07) is 5.76. The molecule has 1 fully saturated rings. The summed E-state index contributed by atoms with van der Waals surface area (Å²) in [5.74, 6) is -1.17. The van der Waals surface area contributed by atoms with Crippen LogP contribution in [0.5, 0.6) is 0 Å². The van der Waals surface area contributed by atoms with Gasteiger partial charge in [-0.25, -0.2) is 0 Å². The number of allylic oxidation sites excluding steroid dienone is 1. The van der Waals surface area contributed by atoms with Crippen LogP contribution in [-0.4, -0.2) is 23.0 Å². The summed E-state index contributed by atoms with van der Waals surface area (Å²) in [6.45, 7) is 0. The Kier molecular flexibility index (Phi) is 3.78. The molecule has 0 aliphatic heterocycles. The van der Waals surface area contributed by atoms with Gasteiger partial charge in [0, 0.05) is 11.6 Å². The maximum atomic E-state index is 12.3. The summed E-state index contributed by atoms with van der Waals surface area (Å²) in [4.78, 5) is 23.2. The SMILES string of the molecule is O=C(N[C@@H]1CC[C@H](C(=O)O)C1)c1ccc2c(c1)CCC=C2. The molecule has 2 N–H and O–H groups in total. The van der Waals surface area contributed by atoms with Gasteiger partial charge in [-0.3, -0.25) is 9.59 Å². The number of carboxylic acids is 1. The van der Waals surface area contributed by atoms with E-state index in [1.807, 2.05) is 18.2 Å². The van der Waals surface area contributed by atoms with Gasteiger partial charge in [-0.15, -0.1) is 0 Å². The van der Waals surface area contributed by atoms with Crippen LogP contribution in [0.1, 0.15) is 47.2 Å². The van der Waals surface area contributed by atoms with Crippen molar-refractivity contribution in [2.75, 3.05) is 0 Å². The number of aryl methyl sites for hydroxylation is 1. The fourth-order valence-electron chi connectivity index (χ4n) is 3.18. The number of aliphatic carboxylic acids is 1. The zero-order valence-electron chi connectivity index (χ0n) is 11.8. The molecule has 0 unspecified atom stereocenters. The standard InChI is InChI=1S/C17H19NO3/c19-16(18-15-8-7-14(10-15)17(20)21)13-6-5-11-3-1-2-4-12(11)9-13/h1,3,5-6,9,14-15H,2,4,7-8,10H2,(H,18,19)(H,20,21)/t14-,15+/m0/s1. The smallest absolute Gasteiger partial charge is 0.306 e. The second-order valence-corrected chi connectivity index (χ2v) is 5.87. The molecule has 2 atom stereocenters. The Bertz CT molecular complexity index is 606. The number of amides is 1. The van der Waals surface area contributed by atoms with E-state index in [1.165, 1.54) is 11.1 Å². The molecular formula is C17H19NO3. The highest BCUT2D eigenvalue weighted by atomic mass is 16.4. The van der Waals surface area contributed by atoms with E-state index < -0.39 is 5.97 Å². The molecule has 3 rings (SSSR count). The van der Waals surface area contributed by atoms with Crippen molar-refractivity contribution in [2.45, 2.75) is 38.1 Å². The highest BCUT2D eigenvalue weighted by molar-refractivity contribution is 5.95. The third-order valence-electron chi connectivity index (χ3n) is 4.40. The zero-order valence-corrected chi connectivity index (χ0v) is 11.8. The number of nitrogens with one attached hydrogen (secondary N) is 1. The first-order valence-corrected chi connectivity index (χ1v) is 7.46. The minimum atomic E-state index is -0.757. The monoisotopic (exact) mass is 285 g/mol. The molecule has 0 heterocycles. The second kappa shape index (κ2) is 5.72. The first-order valence-electron chi connectivity index (χ1n) is 7.46. The Morgan fingerprint density at radius 1 is 1.24 bits per heavy atom. The first kappa shape index (κ1) is 13.9. The lowest BCUT2D eigenvalue weighted by molar-refractivity contribution is -0.141. The van der Waals surface area contributed by atoms with Crippen LogP contribution in [0.3, 0.4) is 0 Å². The van der Waals surface area contributed by atoms with E-state index in [4.69, 9.17) is 5.11 Å². The largest absolute Gasteiger partial charge is 0.481 e. The number of carbonyl (C=O) groups is 2. The lowest BCUT2D eigenvalue weighted by atomic mass is 9.95. The summed E-state index contributed by atoms with van der Waals surface area (Å²) < 4.78 is 0. The molecule has 4 nitrogen and oxygen atoms in total. The fraction of sp³-hybridized carbons (Fsp3) is 0.412. The Labute approximate surface area is 123 Å². The maximum Gasteiger partial charge on any atom is 0.306 e. The number of carboxylic acid groups (broad SMARTS) is 1. The molecular weight excluding hydrogens is 266 g/mol. The van der Waals surface area contributed by atoms with Crippen LogP contribution in [0.25, 0.3) is 6.08 Å². The average Bonchev–Trinajstić information content (AvgIpc) is 2.95. The van der Waals surface area contributed by atoms with E-state index in [1.54, 1.807) is 0 Å². The quantitative estimate of drug-likeness (QED) is 0.897. The molecule has 2 aliphatic rings. The van der Waals surface area contributed by atoms with Crippen LogP contribution in [0.15, 0.2) is 24.3 Å². The van der Waals surface area contributed by atoms with Gasteiger partial charge >= 0.3 is 5.97 Å². The lowest BCUT2D eigenvalue weighted by Gasteiger charge is -2.15. The predicted molar refractivity (Wildman–Crippen MR) is 80.0 cm³/mol. The van der Waals surface area contributed by atoms with Gasteiger partial charge in [0.25, 0.3) is 5.91 Å². The highest BCUT2D eigenvalue weighted by Gasteiger charge is 2.30. The number of benzene rings is 1. The van der Waals surface area contributed by atoms with Crippen molar-refractivity contribution in [2.24, 2.45) is 5.92 Å². The van der Waals surface area contributed by atoms with Crippen LogP contribution in [-0.2, 0) is 11.2 Å². The molecule has 0 radical (unpaired) electrons. The van der Waals surface area contributed by atoms with Gasteiger partial charge in [-0.2, -0.15) is 0 Å². The second-order valence-electron chi connectivity index (χ2n) is 5.87. The molecule has 110 valence electrons. The molecule has 0 spiro atoms. The number of fused-ring (bicyclic) bond motifs is 1. The molecule has 1 aromatic rings. The van der Waals surface area contributed by atoms with Crippen molar-refractivity contribution in [3.63, 3.8) is 0 Å². The number of rotatable bonds is 3. The van der Waals surface area contributed by atoms with Crippen molar-refractivity contribution < 1.29 is 14.7 Å². The van der Waals surface area contributed by atoms with Crippen molar-refractivity contribution in [3.8, 4) is 0 Å². The molecule has 4 heteroatoms. The maximum absolute atomic E-state index is 12.3. The highest BCUT2D eigenvalue weighted by Crippen LogP contribution is 2.26. The van der Waals surface area contributed by atoms with Crippen LogP contribution >= 0.6 is 0 Å². The van der Waals surface area contributed by atoms with Crippen LogP contribution in [0.4, 0.5) is 0 Å². The van der Waals surface area contributed by atoms with E-state index in [9.17, 15) is 9.59 Å². The summed E-state index contributed by atoms with van der Waals surface area (Å²) in [5, 5.41) is 12.0. The van der Waals surface area contributed by atoms with Crippen LogP contribution in [0, 0.1) is 5.92 Å². The van der Waals surface area contributed by atoms with Gasteiger partial charge < -0.3 is 10.4 Å². The summed E-state index contributed by atoms with van der Waals surface area (Å²) in [7, 11) is 0.